The number of aromatic nitrogens is 2. The van der Waals surface area contributed by atoms with E-state index in [9.17, 15) is 9.18 Å². The third kappa shape index (κ3) is 3.69. The highest BCUT2D eigenvalue weighted by atomic mass is 19.1. The predicted molar refractivity (Wildman–Crippen MR) is 92.9 cm³/mol. The first-order valence-electron chi connectivity index (χ1n) is 8.53. The summed E-state index contributed by atoms with van der Waals surface area (Å²) in [7, 11) is 0. The predicted octanol–water partition coefficient (Wildman–Crippen LogP) is 3.17. The van der Waals surface area contributed by atoms with E-state index in [1.54, 1.807) is 25.1 Å². The van der Waals surface area contributed by atoms with Crippen LogP contribution in [0.1, 0.15) is 36.8 Å². The molecule has 25 heavy (non-hydrogen) atoms. The molecule has 0 saturated carbocycles. The first-order chi connectivity index (χ1) is 12.0. The van der Waals surface area contributed by atoms with Crippen molar-refractivity contribution in [3.8, 4) is 0 Å². The van der Waals surface area contributed by atoms with E-state index in [4.69, 9.17) is 4.74 Å². The standard InChI is InChI=1S/C19H22FN3O2/c1-3-16-12-17(22-13(2)21-16)23-18(24)19(8-10-25-11-9-19)14-4-6-15(20)7-5-14/h4-7,12H,3,8-11H2,1-2H3,(H,21,22,23,24). The Bertz CT molecular complexity index is 756. The molecule has 1 fully saturated rings. The normalized spacial score (nSPS) is 16.4. The monoisotopic (exact) mass is 343 g/mol. The maximum absolute atomic E-state index is 13.3. The molecule has 0 atom stereocenters. The molecule has 1 aromatic heterocycles. The smallest absolute Gasteiger partial charge is 0.236 e. The van der Waals surface area contributed by atoms with Crippen LogP contribution < -0.4 is 5.32 Å². The molecule has 1 aliphatic heterocycles. The highest BCUT2D eigenvalue weighted by Crippen LogP contribution is 2.36. The minimum absolute atomic E-state index is 0.137. The lowest BCUT2D eigenvalue weighted by molar-refractivity contribution is -0.125. The van der Waals surface area contributed by atoms with Gasteiger partial charge in [0.05, 0.1) is 5.41 Å². The minimum atomic E-state index is -0.739. The summed E-state index contributed by atoms with van der Waals surface area (Å²) in [6, 6.07) is 7.95. The number of hydrogen-bond acceptors (Lipinski definition) is 4. The quantitative estimate of drug-likeness (QED) is 0.926. The first kappa shape index (κ1) is 17.5. The van der Waals surface area contributed by atoms with Crippen molar-refractivity contribution in [1.82, 2.24) is 9.97 Å². The molecule has 1 aromatic carbocycles. The largest absolute Gasteiger partial charge is 0.381 e. The summed E-state index contributed by atoms with van der Waals surface area (Å²) in [5.41, 5.74) is 0.943. The molecule has 1 amide bonds. The van der Waals surface area contributed by atoms with E-state index in [0.717, 1.165) is 17.7 Å². The molecule has 0 unspecified atom stereocenters. The Hall–Kier alpha value is -2.34. The van der Waals surface area contributed by atoms with Gasteiger partial charge < -0.3 is 10.1 Å². The van der Waals surface area contributed by atoms with Crippen molar-refractivity contribution in [2.45, 2.75) is 38.5 Å². The van der Waals surface area contributed by atoms with Crippen molar-refractivity contribution < 1.29 is 13.9 Å². The van der Waals surface area contributed by atoms with Crippen LogP contribution in [0, 0.1) is 12.7 Å². The topological polar surface area (TPSA) is 64.1 Å². The van der Waals surface area contributed by atoms with E-state index in [1.807, 2.05) is 6.92 Å². The van der Waals surface area contributed by atoms with Crippen LogP contribution in [-0.4, -0.2) is 29.1 Å². The fourth-order valence-electron chi connectivity index (χ4n) is 3.25. The van der Waals surface area contributed by atoms with Crippen LogP contribution in [0.15, 0.2) is 30.3 Å². The van der Waals surface area contributed by atoms with Gasteiger partial charge in [0.25, 0.3) is 0 Å². The number of benzene rings is 1. The molecule has 6 heteroatoms. The van der Waals surface area contributed by atoms with Crippen LogP contribution in [-0.2, 0) is 21.4 Å². The van der Waals surface area contributed by atoms with E-state index in [-0.39, 0.29) is 11.7 Å². The zero-order valence-electron chi connectivity index (χ0n) is 14.5. The lowest BCUT2D eigenvalue weighted by atomic mass is 9.73. The van der Waals surface area contributed by atoms with E-state index in [0.29, 0.717) is 37.7 Å². The minimum Gasteiger partial charge on any atom is -0.381 e. The maximum Gasteiger partial charge on any atom is 0.236 e. The molecule has 0 radical (unpaired) electrons. The van der Waals surface area contributed by atoms with Gasteiger partial charge in [-0.2, -0.15) is 0 Å². The van der Waals surface area contributed by atoms with Gasteiger partial charge in [-0.3, -0.25) is 4.79 Å². The summed E-state index contributed by atoms with van der Waals surface area (Å²) in [5.74, 6) is 0.674. The molecule has 3 rings (SSSR count). The van der Waals surface area contributed by atoms with Crippen molar-refractivity contribution >= 4 is 11.7 Å². The summed E-state index contributed by atoms with van der Waals surface area (Å²) < 4.78 is 18.8. The van der Waals surface area contributed by atoms with E-state index >= 15 is 0 Å². The molecule has 132 valence electrons. The number of aryl methyl sites for hydroxylation is 2. The van der Waals surface area contributed by atoms with Crippen molar-refractivity contribution in [2.75, 3.05) is 18.5 Å². The number of anilines is 1. The Labute approximate surface area is 146 Å². The average molecular weight is 343 g/mol. The molecule has 2 aromatic rings. The third-order valence-electron chi connectivity index (χ3n) is 4.67. The fraction of sp³-hybridized carbons (Fsp3) is 0.421. The van der Waals surface area contributed by atoms with E-state index in [2.05, 4.69) is 15.3 Å². The second kappa shape index (κ2) is 7.27. The van der Waals surface area contributed by atoms with Crippen molar-refractivity contribution in [1.29, 1.82) is 0 Å². The molecule has 0 spiro atoms. The van der Waals surface area contributed by atoms with Gasteiger partial charge >= 0.3 is 0 Å². The molecule has 1 N–H and O–H groups in total. The van der Waals surface area contributed by atoms with Crippen molar-refractivity contribution in [3.05, 3.63) is 53.2 Å². The van der Waals surface area contributed by atoms with E-state index < -0.39 is 5.41 Å². The van der Waals surface area contributed by atoms with Gasteiger partial charge in [-0.15, -0.1) is 0 Å². The Balaban J connectivity index is 1.92. The zero-order chi connectivity index (χ0) is 17.9. The molecule has 0 bridgehead atoms. The van der Waals surface area contributed by atoms with E-state index in [1.165, 1.54) is 12.1 Å². The number of hydrogen-bond donors (Lipinski definition) is 1. The summed E-state index contributed by atoms with van der Waals surface area (Å²) in [6.07, 6.45) is 1.87. The van der Waals surface area contributed by atoms with Gasteiger partial charge in [0.15, 0.2) is 0 Å². The van der Waals surface area contributed by atoms with Crippen LogP contribution in [0.25, 0.3) is 0 Å². The Morgan fingerprint density at radius 1 is 1.24 bits per heavy atom. The van der Waals surface area contributed by atoms with Gasteiger partial charge in [0.2, 0.25) is 5.91 Å². The summed E-state index contributed by atoms with van der Waals surface area (Å²) >= 11 is 0. The number of ether oxygens (including phenoxy) is 1. The lowest BCUT2D eigenvalue weighted by Gasteiger charge is -2.36. The molecule has 5 nitrogen and oxygen atoms in total. The number of halogens is 1. The average Bonchev–Trinajstić information content (AvgIpc) is 2.62. The van der Waals surface area contributed by atoms with Crippen molar-refractivity contribution in [3.63, 3.8) is 0 Å². The number of nitrogens with zero attached hydrogens (tertiary/aromatic N) is 2. The highest BCUT2D eigenvalue weighted by Gasteiger charge is 2.42. The van der Waals surface area contributed by atoms with Crippen LogP contribution in [0.3, 0.4) is 0 Å². The Morgan fingerprint density at radius 2 is 1.92 bits per heavy atom. The number of amides is 1. The SMILES string of the molecule is CCc1cc(NC(=O)C2(c3ccc(F)cc3)CCOCC2)nc(C)n1. The van der Waals surface area contributed by atoms with Gasteiger partial charge in [-0.05, 0) is 43.9 Å². The van der Waals surface area contributed by atoms with Crippen LogP contribution in [0.5, 0.6) is 0 Å². The van der Waals surface area contributed by atoms with Gasteiger partial charge in [0.1, 0.15) is 17.5 Å². The first-order valence-corrected chi connectivity index (χ1v) is 8.53. The van der Waals surface area contributed by atoms with Gasteiger partial charge in [0, 0.05) is 25.0 Å². The zero-order valence-corrected chi connectivity index (χ0v) is 14.5. The molecule has 1 aliphatic rings. The Kier molecular flexibility index (Phi) is 5.08. The Morgan fingerprint density at radius 3 is 2.56 bits per heavy atom. The second-order valence-corrected chi connectivity index (χ2v) is 6.30. The fourth-order valence-corrected chi connectivity index (χ4v) is 3.25. The number of carbonyl (C=O) groups is 1. The van der Waals surface area contributed by atoms with Crippen LogP contribution in [0.4, 0.5) is 10.2 Å². The van der Waals surface area contributed by atoms with Gasteiger partial charge in [-0.25, -0.2) is 14.4 Å². The molecular weight excluding hydrogens is 321 g/mol. The summed E-state index contributed by atoms with van der Waals surface area (Å²) in [5, 5.41) is 2.94. The molecule has 1 saturated heterocycles. The number of carbonyl (C=O) groups excluding carboxylic acids is 1. The van der Waals surface area contributed by atoms with Crippen LogP contribution in [0.2, 0.25) is 0 Å². The van der Waals surface area contributed by atoms with Crippen molar-refractivity contribution in [2.24, 2.45) is 0 Å². The lowest BCUT2D eigenvalue weighted by Crippen LogP contribution is -2.45. The molecule has 0 aliphatic carbocycles. The third-order valence-corrected chi connectivity index (χ3v) is 4.67. The summed E-state index contributed by atoms with van der Waals surface area (Å²) in [4.78, 5) is 21.8. The number of rotatable bonds is 4. The second-order valence-electron chi connectivity index (χ2n) is 6.30. The van der Waals surface area contributed by atoms with Crippen LogP contribution >= 0.6 is 0 Å². The molecule has 2 heterocycles. The maximum atomic E-state index is 13.3. The number of nitrogens with one attached hydrogen (secondary N) is 1. The summed E-state index contributed by atoms with van der Waals surface area (Å²) in [6.45, 7) is 4.80. The van der Waals surface area contributed by atoms with Gasteiger partial charge in [-0.1, -0.05) is 19.1 Å². The molecular formula is C19H22FN3O2. The highest BCUT2D eigenvalue weighted by molar-refractivity contribution is 5.98.